The van der Waals surface area contributed by atoms with Gasteiger partial charge >= 0.3 is 0 Å². The number of rotatable bonds is 4. The van der Waals surface area contributed by atoms with Crippen LogP contribution in [0.4, 0.5) is 11.4 Å². The van der Waals surface area contributed by atoms with Crippen LogP contribution in [0, 0.1) is 11.3 Å². The van der Waals surface area contributed by atoms with Gasteiger partial charge in [-0.2, -0.15) is 5.26 Å². The van der Waals surface area contributed by atoms with Gasteiger partial charge in [-0.25, -0.2) is 0 Å². The van der Waals surface area contributed by atoms with E-state index in [0.717, 1.165) is 11.3 Å². The van der Waals surface area contributed by atoms with Crippen LogP contribution in [0.3, 0.4) is 0 Å². The molecule has 0 heterocycles. The first-order chi connectivity index (χ1) is 9.60. The van der Waals surface area contributed by atoms with Gasteiger partial charge in [-0.1, -0.05) is 23.7 Å². The number of hydrogen-bond acceptors (Lipinski definition) is 4. The van der Waals surface area contributed by atoms with E-state index < -0.39 is 6.10 Å². The fourth-order valence-corrected chi connectivity index (χ4v) is 1.99. The van der Waals surface area contributed by atoms with Crippen LogP contribution in [0.15, 0.2) is 42.5 Å². The van der Waals surface area contributed by atoms with Gasteiger partial charge in [-0.05, 0) is 35.9 Å². The number of aliphatic hydroxyl groups is 1. The molecule has 0 fully saturated rings. The number of hydrogen-bond donors (Lipinski definition) is 3. The fourth-order valence-electron chi connectivity index (χ4n) is 1.77. The number of nitrogens with one attached hydrogen (secondary N) is 1. The van der Waals surface area contributed by atoms with E-state index in [4.69, 9.17) is 22.6 Å². The van der Waals surface area contributed by atoms with Crippen molar-refractivity contribution < 1.29 is 5.11 Å². The van der Waals surface area contributed by atoms with Crippen LogP contribution in [0.1, 0.15) is 17.2 Å². The standard InChI is InChI=1S/C15H14ClN3O/c16-14-7-13(6-3-11(14)8-17)19-9-15(20)10-1-4-12(18)5-2-10/h1-7,15,19-20H,9,18H2. The summed E-state index contributed by atoms with van der Waals surface area (Å²) < 4.78 is 0. The topological polar surface area (TPSA) is 82.1 Å². The molecule has 0 aliphatic heterocycles. The largest absolute Gasteiger partial charge is 0.399 e. The average Bonchev–Trinajstić information content (AvgIpc) is 2.45. The van der Waals surface area contributed by atoms with E-state index in [1.165, 1.54) is 0 Å². The maximum absolute atomic E-state index is 10.1. The maximum atomic E-state index is 10.1. The first kappa shape index (κ1) is 14.2. The summed E-state index contributed by atoms with van der Waals surface area (Å²) in [5.41, 5.74) is 8.22. The first-order valence-electron chi connectivity index (χ1n) is 6.07. The maximum Gasteiger partial charge on any atom is 0.101 e. The molecule has 0 aliphatic rings. The third kappa shape index (κ3) is 3.41. The van der Waals surface area contributed by atoms with Gasteiger partial charge in [0.25, 0.3) is 0 Å². The molecular formula is C15H14ClN3O. The van der Waals surface area contributed by atoms with Crippen molar-refractivity contribution in [2.24, 2.45) is 0 Å². The molecule has 0 spiro atoms. The lowest BCUT2D eigenvalue weighted by Gasteiger charge is -2.13. The van der Waals surface area contributed by atoms with E-state index in [0.29, 0.717) is 22.8 Å². The molecule has 5 heteroatoms. The number of halogens is 1. The van der Waals surface area contributed by atoms with E-state index in [-0.39, 0.29) is 0 Å². The minimum atomic E-state index is -0.648. The molecule has 102 valence electrons. The van der Waals surface area contributed by atoms with E-state index in [1.807, 2.05) is 6.07 Å². The summed E-state index contributed by atoms with van der Waals surface area (Å²) >= 11 is 5.94. The van der Waals surface area contributed by atoms with Gasteiger partial charge in [0.05, 0.1) is 16.7 Å². The molecule has 0 aliphatic carbocycles. The third-order valence-corrected chi connectivity index (χ3v) is 3.22. The Morgan fingerprint density at radius 2 is 1.95 bits per heavy atom. The van der Waals surface area contributed by atoms with Crippen molar-refractivity contribution in [3.05, 3.63) is 58.6 Å². The Bertz CT molecular complexity index is 635. The highest BCUT2D eigenvalue weighted by molar-refractivity contribution is 6.32. The van der Waals surface area contributed by atoms with Crippen molar-refractivity contribution >= 4 is 23.0 Å². The summed E-state index contributed by atoms with van der Waals surface area (Å²) in [7, 11) is 0. The van der Waals surface area contributed by atoms with Gasteiger partial charge in [-0.15, -0.1) is 0 Å². The molecule has 1 atom stereocenters. The van der Waals surface area contributed by atoms with Gasteiger partial charge in [0, 0.05) is 17.9 Å². The van der Waals surface area contributed by atoms with Crippen LogP contribution >= 0.6 is 11.6 Å². The lowest BCUT2D eigenvalue weighted by atomic mass is 10.1. The second-order valence-electron chi connectivity index (χ2n) is 4.37. The molecule has 0 aromatic heterocycles. The molecular weight excluding hydrogens is 274 g/mol. The highest BCUT2D eigenvalue weighted by Gasteiger charge is 2.07. The van der Waals surface area contributed by atoms with Crippen LogP contribution in [-0.4, -0.2) is 11.7 Å². The molecule has 20 heavy (non-hydrogen) atoms. The Kier molecular flexibility index (Phi) is 4.46. The minimum absolute atomic E-state index is 0.339. The third-order valence-electron chi connectivity index (χ3n) is 2.91. The smallest absolute Gasteiger partial charge is 0.101 e. The first-order valence-corrected chi connectivity index (χ1v) is 6.45. The van der Waals surface area contributed by atoms with Crippen LogP contribution in [0.25, 0.3) is 0 Å². The Labute approximate surface area is 122 Å². The number of anilines is 2. The molecule has 1 unspecified atom stereocenters. The number of nitrogen functional groups attached to an aromatic ring is 1. The predicted molar refractivity (Wildman–Crippen MR) is 80.5 cm³/mol. The zero-order valence-electron chi connectivity index (χ0n) is 10.7. The van der Waals surface area contributed by atoms with Crippen molar-refractivity contribution in [1.29, 1.82) is 5.26 Å². The second-order valence-corrected chi connectivity index (χ2v) is 4.78. The van der Waals surface area contributed by atoms with E-state index >= 15 is 0 Å². The number of nitrogens with zero attached hydrogens (tertiary/aromatic N) is 1. The molecule has 0 amide bonds. The van der Waals surface area contributed by atoms with Gasteiger partial charge < -0.3 is 16.2 Å². The summed E-state index contributed by atoms with van der Waals surface area (Å²) in [5.74, 6) is 0. The number of nitrogens with two attached hydrogens (primary N) is 1. The molecule has 4 nitrogen and oxygen atoms in total. The molecule has 0 saturated carbocycles. The molecule has 2 rings (SSSR count). The Morgan fingerprint density at radius 1 is 1.25 bits per heavy atom. The number of aliphatic hydroxyl groups excluding tert-OH is 1. The second kappa shape index (κ2) is 6.29. The predicted octanol–water partition coefficient (Wildman–Crippen LogP) is 2.94. The van der Waals surface area contributed by atoms with Crippen LogP contribution < -0.4 is 11.1 Å². The van der Waals surface area contributed by atoms with Crippen LogP contribution in [0.2, 0.25) is 5.02 Å². The SMILES string of the molecule is N#Cc1ccc(NCC(O)c2ccc(N)cc2)cc1Cl. The monoisotopic (exact) mass is 287 g/mol. The van der Waals surface area contributed by atoms with Crippen LogP contribution in [-0.2, 0) is 0 Å². The molecule has 4 N–H and O–H groups in total. The Morgan fingerprint density at radius 3 is 2.55 bits per heavy atom. The molecule has 2 aromatic rings. The van der Waals surface area contributed by atoms with E-state index in [2.05, 4.69) is 5.32 Å². The summed E-state index contributed by atoms with van der Waals surface area (Å²) in [6, 6.07) is 14.1. The summed E-state index contributed by atoms with van der Waals surface area (Å²) in [6.45, 7) is 0.339. The molecule has 0 radical (unpaired) electrons. The lowest BCUT2D eigenvalue weighted by molar-refractivity contribution is 0.191. The quantitative estimate of drug-likeness (QED) is 0.755. The number of nitriles is 1. The Balaban J connectivity index is 2.00. The van der Waals surface area contributed by atoms with Crippen molar-refractivity contribution in [1.82, 2.24) is 0 Å². The molecule has 0 saturated heterocycles. The van der Waals surface area contributed by atoms with Gasteiger partial charge in [0.15, 0.2) is 0 Å². The molecule has 0 bridgehead atoms. The van der Waals surface area contributed by atoms with Crippen molar-refractivity contribution in [2.45, 2.75) is 6.10 Å². The summed E-state index contributed by atoms with van der Waals surface area (Å²) in [5, 5.41) is 22.3. The minimum Gasteiger partial charge on any atom is -0.399 e. The average molecular weight is 288 g/mol. The summed E-state index contributed by atoms with van der Waals surface area (Å²) in [4.78, 5) is 0. The normalized spacial score (nSPS) is 11.7. The van der Waals surface area contributed by atoms with Gasteiger partial charge in [-0.3, -0.25) is 0 Å². The zero-order valence-corrected chi connectivity index (χ0v) is 11.4. The van der Waals surface area contributed by atoms with Gasteiger partial charge in [0.2, 0.25) is 0 Å². The number of benzene rings is 2. The van der Waals surface area contributed by atoms with E-state index in [1.54, 1.807) is 42.5 Å². The van der Waals surface area contributed by atoms with Crippen molar-refractivity contribution in [3.8, 4) is 6.07 Å². The lowest BCUT2D eigenvalue weighted by Crippen LogP contribution is -2.12. The Hall–Kier alpha value is -2.22. The highest BCUT2D eigenvalue weighted by Crippen LogP contribution is 2.21. The fraction of sp³-hybridized carbons (Fsp3) is 0.133. The highest BCUT2D eigenvalue weighted by atomic mass is 35.5. The van der Waals surface area contributed by atoms with Crippen molar-refractivity contribution in [2.75, 3.05) is 17.6 Å². The summed E-state index contributed by atoms with van der Waals surface area (Å²) in [6.07, 6.45) is -0.648. The van der Waals surface area contributed by atoms with Crippen LogP contribution in [0.5, 0.6) is 0 Å². The van der Waals surface area contributed by atoms with Gasteiger partial charge in [0.1, 0.15) is 6.07 Å². The van der Waals surface area contributed by atoms with E-state index in [9.17, 15) is 5.11 Å². The zero-order chi connectivity index (χ0) is 14.5. The van der Waals surface area contributed by atoms with Crippen molar-refractivity contribution in [3.63, 3.8) is 0 Å². The molecule has 2 aromatic carbocycles.